The van der Waals surface area contributed by atoms with Gasteiger partial charge in [0.05, 0.1) is 0 Å². The zero-order valence-electron chi connectivity index (χ0n) is 12.8. The summed E-state index contributed by atoms with van der Waals surface area (Å²) < 4.78 is 25.3. The number of hydrogen-bond donors (Lipinski definition) is 1. The number of carbonyl (C=O) groups is 3. The summed E-state index contributed by atoms with van der Waals surface area (Å²) in [4.78, 5) is 33.3. The van der Waals surface area contributed by atoms with Gasteiger partial charge in [0.15, 0.2) is 18.5 Å². The quantitative estimate of drug-likeness (QED) is 0.510. The van der Waals surface area contributed by atoms with Crippen LogP contribution in [0.4, 0.5) is 0 Å². The molecule has 126 valence electrons. The molecule has 1 rings (SSSR count). The summed E-state index contributed by atoms with van der Waals surface area (Å²) in [5.74, 6) is -1.87. The predicted octanol–water partition coefficient (Wildman–Crippen LogP) is -0.855. The Kier molecular flexibility index (Phi) is 6.72. The molecule has 1 fully saturated rings. The SMILES string of the molecule is CO[C@H]1[C@H](OC(C)=O)[C@H](OC(C)=O)[C@@H](O)O[C@@H]1COC(C)=O. The van der Waals surface area contributed by atoms with E-state index in [9.17, 15) is 19.5 Å². The van der Waals surface area contributed by atoms with E-state index in [1.807, 2.05) is 0 Å². The molecule has 1 aliphatic rings. The van der Waals surface area contributed by atoms with Gasteiger partial charge in [-0.3, -0.25) is 14.4 Å². The van der Waals surface area contributed by atoms with Gasteiger partial charge >= 0.3 is 17.9 Å². The molecule has 0 aromatic carbocycles. The standard InChI is InChI=1S/C13H20O9/c1-6(14)19-5-9-10(18-4)11(20-7(2)15)12(13(17)22-9)21-8(3)16/h9-13,17H,5H2,1-4H3/t9-,10-,11+,12+,13+/m1/s1. The van der Waals surface area contributed by atoms with Crippen molar-refractivity contribution in [3.63, 3.8) is 0 Å². The first-order valence-corrected chi connectivity index (χ1v) is 6.60. The van der Waals surface area contributed by atoms with Crippen LogP contribution in [0.1, 0.15) is 20.8 Å². The third-order valence-corrected chi connectivity index (χ3v) is 2.94. The minimum atomic E-state index is -1.56. The molecule has 0 aromatic heterocycles. The van der Waals surface area contributed by atoms with Gasteiger partial charge in [0, 0.05) is 27.9 Å². The van der Waals surface area contributed by atoms with Crippen molar-refractivity contribution in [2.75, 3.05) is 13.7 Å². The topological polar surface area (TPSA) is 118 Å². The second-order valence-corrected chi connectivity index (χ2v) is 4.72. The maximum absolute atomic E-state index is 11.3. The molecule has 5 atom stereocenters. The van der Waals surface area contributed by atoms with E-state index in [1.165, 1.54) is 21.0 Å². The second kappa shape index (κ2) is 8.06. The fourth-order valence-corrected chi connectivity index (χ4v) is 2.16. The lowest BCUT2D eigenvalue weighted by atomic mass is 9.98. The maximum atomic E-state index is 11.3. The highest BCUT2D eigenvalue weighted by molar-refractivity contribution is 5.67. The van der Waals surface area contributed by atoms with Crippen LogP contribution in [0, 0.1) is 0 Å². The number of rotatable bonds is 5. The lowest BCUT2D eigenvalue weighted by molar-refractivity contribution is -0.297. The zero-order valence-corrected chi connectivity index (χ0v) is 12.8. The molecule has 0 saturated carbocycles. The Balaban J connectivity index is 2.96. The minimum absolute atomic E-state index is 0.213. The van der Waals surface area contributed by atoms with E-state index in [2.05, 4.69) is 0 Å². The number of methoxy groups -OCH3 is 1. The van der Waals surface area contributed by atoms with Crippen molar-refractivity contribution in [2.45, 2.75) is 51.5 Å². The number of hydrogen-bond acceptors (Lipinski definition) is 9. The summed E-state index contributed by atoms with van der Waals surface area (Å²) >= 11 is 0. The van der Waals surface area contributed by atoms with Gasteiger partial charge in [-0.15, -0.1) is 0 Å². The smallest absolute Gasteiger partial charge is 0.303 e. The molecule has 0 aromatic rings. The average Bonchev–Trinajstić information content (AvgIpc) is 2.39. The molecule has 1 aliphatic heterocycles. The molecule has 1 N–H and O–H groups in total. The maximum Gasteiger partial charge on any atom is 0.303 e. The van der Waals surface area contributed by atoms with Gasteiger partial charge in [0.25, 0.3) is 0 Å². The van der Waals surface area contributed by atoms with Crippen LogP contribution in [0.2, 0.25) is 0 Å². The molecule has 9 heteroatoms. The van der Waals surface area contributed by atoms with Gasteiger partial charge < -0.3 is 28.8 Å². The van der Waals surface area contributed by atoms with Gasteiger partial charge in [0.1, 0.15) is 18.8 Å². The Morgan fingerprint density at radius 3 is 1.95 bits per heavy atom. The molecule has 22 heavy (non-hydrogen) atoms. The summed E-state index contributed by atoms with van der Waals surface area (Å²) in [5.41, 5.74) is 0. The van der Waals surface area contributed by atoms with E-state index in [-0.39, 0.29) is 6.61 Å². The van der Waals surface area contributed by atoms with Gasteiger partial charge in [-0.05, 0) is 0 Å². The normalized spacial score (nSPS) is 31.2. The lowest BCUT2D eigenvalue weighted by Gasteiger charge is -2.42. The van der Waals surface area contributed by atoms with E-state index in [4.69, 9.17) is 23.7 Å². The van der Waals surface area contributed by atoms with Crippen molar-refractivity contribution in [3.05, 3.63) is 0 Å². The summed E-state index contributed by atoms with van der Waals surface area (Å²) in [6, 6.07) is 0. The number of aliphatic hydroxyl groups is 1. The number of carbonyl (C=O) groups excluding carboxylic acids is 3. The Bertz CT molecular complexity index is 422. The Morgan fingerprint density at radius 1 is 0.955 bits per heavy atom. The molecular weight excluding hydrogens is 300 g/mol. The van der Waals surface area contributed by atoms with Crippen molar-refractivity contribution < 1.29 is 43.2 Å². The number of aliphatic hydroxyl groups excluding tert-OH is 1. The Hall–Kier alpha value is -1.71. The van der Waals surface area contributed by atoms with Crippen LogP contribution in [-0.4, -0.2) is 67.4 Å². The van der Waals surface area contributed by atoms with E-state index in [0.717, 1.165) is 6.92 Å². The molecule has 0 radical (unpaired) electrons. The fraction of sp³-hybridized carbons (Fsp3) is 0.769. The summed E-state index contributed by atoms with van der Waals surface area (Å²) in [6.45, 7) is 3.31. The van der Waals surface area contributed by atoms with Gasteiger partial charge in [-0.1, -0.05) is 0 Å². The van der Waals surface area contributed by atoms with Crippen LogP contribution < -0.4 is 0 Å². The highest BCUT2D eigenvalue weighted by Crippen LogP contribution is 2.27. The first-order valence-electron chi connectivity index (χ1n) is 6.60. The van der Waals surface area contributed by atoms with E-state index >= 15 is 0 Å². The average molecular weight is 320 g/mol. The van der Waals surface area contributed by atoms with Crippen LogP contribution in [-0.2, 0) is 38.1 Å². The third kappa shape index (κ3) is 4.93. The molecule has 1 saturated heterocycles. The Morgan fingerprint density at radius 2 is 1.50 bits per heavy atom. The summed E-state index contributed by atoms with van der Waals surface area (Å²) in [7, 11) is 1.33. The summed E-state index contributed by atoms with van der Waals surface area (Å²) in [5, 5.41) is 9.96. The lowest BCUT2D eigenvalue weighted by Crippen LogP contribution is -2.61. The monoisotopic (exact) mass is 320 g/mol. The Labute approximate surface area is 127 Å². The highest BCUT2D eigenvalue weighted by atomic mass is 16.7. The van der Waals surface area contributed by atoms with Crippen LogP contribution in [0.15, 0.2) is 0 Å². The van der Waals surface area contributed by atoms with Crippen molar-refractivity contribution >= 4 is 17.9 Å². The molecule has 0 spiro atoms. The van der Waals surface area contributed by atoms with Crippen LogP contribution in [0.3, 0.4) is 0 Å². The van der Waals surface area contributed by atoms with E-state index < -0.39 is 48.6 Å². The fourth-order valence-electron chi connectivity index (χ4n) is 2.16. The van der Waals surface area contributed by atoms with Gasteiger partial charge in [-0.25, -0.2) is 0 Å². The molecule has 9 nitrogen and oxygen atoms in total. The number of esters is 3. The van der Waals surface area contributed by atoms with Crippen molar-refractivity contribution in [1.82, 2.24) is 0 Å². The van der Waals surface area contributed by atoms with Crippen molar-refractivity contribution in [2.24, 2.45) is 0 Å². The minimum Gasteiger partial charge on any atom is -0.463 e. The zero-order chi connectivity index (χ0) is 16.9. The highest BCUT2D eigenvalue weighted by Gasteiger charge is 2.50. The van der Waals surface area contributed by atoms with Crippen LogP contribution >= 0.6 is 0 Å². The predicted molar refractivity (Wildman–Crippen MR) is 69.4 cm³/mol. The van der Waals surface area contributed by atoms with Crippen LogP contribution in [0.25, 0.3) is 0 Å². The second-order valence-electron chi connectivity index (χ2n) is 4.72. The molecule has 0 bridgehead atoms. The van der Waals surface area contributed by atoms with E-state index in [1.54, 1.807) is 0 Å². The molecular formula is C13H20O9. The summed E-state index contributed by atoms with van der Waals surface area (Å²) in [6.07, 6.45) is -5.69. The molecule has 0 aliphatic carbocycles. The molecule has 0 amide bonds. The van der Waals surface area contributed by atoms with Crippen LogP contribution in [0.5, 0.6) is 0 Å². The molecule has 1 heterocycles. The third-order valence-electron chi connectivity index (χ3n) is 2.94. The number of ether oxygens (including phenoxy) is 5. The van der Waals surface area contributed by atoms with Crippen molar-refractivity contribution in [3.8, 4) is 0 Å². The first kappa shape index (κ1) is 18.3. The van der Waals surface area contributed by atoms with E-state index in [0.29, 0.717) is 0 Å². The first-order chi connectivity index (χ1) is 10.3. The van der Waals surface area contributed by atoms with Gasteiger partial charge in [-0.2, -0.15) is 0 Å². The molecule has 0 unspecified atom stereocenters. The van der Waals surface area contributed by atoms with Gasteiger partial charge in [0.2, 0.25) is 0 Å². The van der Waals surface area contributed by atoms with Crippen molar-refractivity contribution in [1.29, 1.82) is 0 Å². The largest absolute Gasteiger partial charge is 0.463 e.